The lowest BCUT2D eigenvalue weighted by atomic mass is 10.1. The van der Waals surface area contributed by atoms with E-state index in [1.54, 1.807) is 0 Å². The molecule has 1 fully saturated rings. The summed E-state index contributed by atoms with van der Waals surface area (Å²) in [5.41, 5.74) is 1.98. The van der Waals surface area contributed by atoms with Gasteiger partial charge in [-0.25, -0.2) is 4.98 Å². The Balaban J connectivity index is 1.60. The Hall–Kier alpha value is -2.99. The second kappa shape index (κ2) is 8.35. The lowest BCUT2D eigenvalue weighted by Crippen LogP contribution is -2.38. The van der Waals surface area contributed by atoms with E-state index in [4.69, 9.17) is 0 Å². The fourth-order valence-corrected chi connectivity index (χ4v) is 3.74. The lowest BCUT2D eigenvalue weighted by molar-refractivity contribution is 0.0726. The first-order valence-electron chi connectivity index (χ1n) is 9.72. The molecular weight excluding hydrogens is 350 g/mol. The summed E-state index contributed by atoms with van der Waals surface area (Å²) in [4.78, 5) is 22.0. The summed E-state index contributed by atoms with van der Waals surface area (Å²) in [5, 5.41) is 7.38. The minimum absolute atomic E-state index is 0.0414. The molecule has 0 aliphatic carbocycles. The van der Waals surface area contributed by atoms with E-state index in [-0.39, 0.29) is 11.9 Å². The Morgan fingerprint density at radius 1 is 1.07 bits per heavy atom. The van der Waals surface area contributed by atoms with Crippen molar-refractivity contribution < 1.29 is 4.79 Å². The zero-order chi connectivity index (χ0) is 19.3. The standard InChI is InChI=1S/C22H25N5O/c1-17-23-21(25-24-17)20-16-27(22(28)19-11-6-3-7-12-19)14-8-13-26(20)15-18-9-4-2-5-10-18/h2-7,9-12,20H,8,13-16H2,1H3,(H,23,24,25). The van der Waals surface area contributed by atoms with E-state index < -0.39 is 0 Å². The highest BCUT2D eigenvalue weighted by atomic mass is 16.2. The maximum Gasteiger partial charge on any atom is 0.253 e. The predicted molar refractivity (Wildman–Crippen MR) is 108 cm³/mol. The maximum absolute atomic E-state index is 13.1. The van der Waals surface area contributed by atoms with Gasteiger partial charge in [0.1, 0.15) is 5.82 Å². The minimum Gasteiger partial charge on any atom is -0.337 e. The molecule has 0 saturated carbocycles. The molecule has 6 heteroatoms. The molecule has 1 atom stereocenters. The highest BCUT2D eigenvalue weighted by molar-refractivity contribution is 5.94. The average Bonchev–Trinajstić information content (AvgIpc) is 3.05. The normalized spacial score (nSPS) is 18.0. The number of hydrogen-bond donors (Lipinski definition) is 1. The highest BCUT2D eigenvalue weighted by Gasteiger charge is 2.31. The van der Waals surface area contributed by atoms with Crippen molar-refractivity contribution in [3.63, 3.8) is 0 Å². The van der Waals surface area contributed by atoms with Crippen LogP contribution < -0.4 is 0 Å². The van der Waals surface area contributed by atoms with Gasteiger partial charge in [-0.15, -0.1) is 0 Å². The summed E-state index contributed by atoms with van der Waals surface area (Å²) < 4.78 is 0. The third kappa shape index (κ3) is 4.12. The van der Waals surface area contributed by atoms with Crippen LogP contribution in [0, 0.1) is 6.92 Å². The molecule has 0 bridgehead atoms. The molecule has 1 unspecified atom stereocenters. The molecule has 144 valence electrons. The van der Waals surface area contributed by atoms with E-state index >= 15 is 0 Å². The molecule has 0 spiro atoms. The van der Waals surface area contributed by atoms with Crippen molar-refractivity contribution in [1.29, 1.82) is 0 Å². The number of carbonyl (C=O) groups excluding carboxylic acids is 1. The van der Waals surface area contributed by atoms with Crippen molar-refractivity contribution in [2.75, 3.05) is 19.6 Å². The van der Waals surface area contributed by atoms with Crippen LogP contribution in [0.3, 0.4) is 0 Å². The van der Waals surface area contributed by atoms with Gasteiger partial charge in [-0.05, 0) is 31.0 Å². The van der Waals surface area contributed by atoms with Crippen LogP contribution in [-0.4, -0.2) is 50.5 Å². The third-order valence-corrected chi connectivity index (χ3v) is 5.16. The van der Waals surface area contributed by atoms with Gasteiger partial charge in [-0.3, -0.25) is 14.8 Å². The zero-order valence-electron chi connectivity index (χ0n) is 16.1. The summed E-state index contributed by atoms with van der Waals surface area (Å²) in [7, 11) is 0. The molecule has 1 aliphatic rings. The molecule has 1 saturated heterocycles. The Morgan fingerprint density at radius 3 is 2.46 bits per heavy atom. The van der Waals surface area contributed by atoms with Gasteiger partial charge in [0.05, 0.1) is 6.04 Å². The van der Waals surface area contributed by atoms with Crippen LogP contribution in [0.1, 0.15) is 40.0 Å². The number of nitrogens with one attached hydrogen (secondary N) is 1. The van der Waals surface area contributed by atoms with E-state index in [0.29, 0.717) is 6.54 Å². The SMILES string of the molecule is Cc1nc(C2CN(C(=O)c3ccccc3)CCCN2Cc2ccccc2)n[nH]1. The number of rotatable bonds is 4. The number of amides is 1. The molecule has 1 aromatic heterocycles. The van der Waals surface area contributed by atoms with Gasteiger partial charge in [0.25, 0.3) is 5.91 Å². The summed E-state index contributed by atoms with van der Waals surface area (Å²) in [6.45, 7) is 4.93. The molecular formula is C22H25N5O. The summed E-state index contributed by atoms with van der Waals surface area (Å²) in [5.74, 6) is 1.61. The Morgan fingerprint density at radius 2 is 1.79 bits per heavy atom. The number of aromatic nitrogens is 3. The van der Waals surface area contributed by atoms with E-state index in [2.05, 4.69) is 44.3 Å². The molecule has 2 heterocycles. The van der Waals surface area contributed by atoms with Crippen LogP contribution >= 0.6 is 0 Å². The van der Waals surface area contributed by atoms with Crippen molar-refractivity contribution in [1.82, 2.24) is 25.0 Å². The summed E-state index contributed by atoms with van der Waals surface area (Å²) in [6.07, 6.45) is 0.922. The number of H-pyrrole nitrogens is 1. The quantitative estimate of drug-likeness (QED) is 0.761. The molecule has 2 aromatic carbocycles. The Labute approximate surface area is 165 Å². The number of carbonyl (C=O) groups is 1. The number of benzene rings is 2. The fraction of sp³-hybridized carbons (Fsp3) is 0.318. The van der Waals surface area contributed by atoms with Crippen molar-refractivity contribution in [2.45, 2.75) is 25.9 Å². The van der Waals surface area contributed by atoms with Gasteiger partial charge < -0.3 is 4.90 Å². The van der Waals surface area contributed by atoms with Crippen molar-refractivity contribution in [3.8, 4) is 0 Å². The first kappa shape index (κ1) is 18.4. The molecule has 4 rings (SSSR count). The van der Waals surface area contributed by atoms with E-state index in [1.165, 1.54) is 5.56 Å². The molecule has 1 aliphatic heterocycles. The number of nitrogens with zero attached hydrogens (tertiary/aromatic N) is 4. The first-order chi connectivity index (χ1) is 13.7. The smallest absolute Gasteiger partial charge is 0.253 e. The molecule has 1 amide bonds. The van der Waals surface area contributed by atoms with Crippen LogP contribution in [0.5, 0.6) is 0 Å². The minimum atomic E-state index is -0.0414. The molecule has 6 nitrogen and oxygen atoms in total. The number of hydrogen-bond acceptors (Lipinski definition) is 4. The lowest BCUT2D eigenvalue weighted by Gasteiger charge is -2.30. The summed E-state index contributed by atoms with van der Waals surface area (Å²) >= 11 is 0. The second-order valence-electron chi connectivity index (χ2n) is 7.22. The van der Waals surface area contributed by atoms with Crippen molar-refractivity contribution in [2.24, 2.45) is 0 Å². The van der Waals surface area contributed by atoms with Gasteiger partial charge in [-0.1, -0.05) is 48.5 Å². The third-order valence-electron chi connectivity index (χ3n) is 5.16. The van der Waals surface area contributed by atoms with E-state index in [0.717, 1.165) is 43.3 Å². The largest absolute Gasteiger partial charge is 0.337 e. The predicted octanol–water partition coefficient (Wildman–Crippen LogP) is 3.20. The molecule has 3 aromatic rings. The number of aromatic amines is 1. The zero-order valence-corrected chi connectivity index (χ0v) is 16.1. The fourth-order valence-electron chi connectivity index (χ4n) is 3.74. The van der Waals surface area contributed by atoms with E-state index in [9.17, 15) is 4.79 Å². The van der Waals surface area contributed by atoms with Gasteiger partial charge in [0.2, 0.25) is 0 Å². The Bertz CT molecular complexity index is 909. The molecule has 28 heavy (non-hydrogen) atoms. The van der Waals surface area contributed by atoms with Gasteiger partial charge in [-0.2, -0.15) is 5.10 Å². The Kier molecular flexibility index (Phi) is 5.48. The second-order valence-corrected chi connectivity index (χ2v) is 7.22. The van der Waals surface area contributed by atoms with Crippen LogP contribution in [0.25, 0.3) is 0 Å². The summed E-state index contributed by atoms with van der Waals surface area (Å²) in [6, 6.07) is 19.9. The van der Waals surface area contributed by atoms with Crippen LogP contribution in [-0.2, 0) is 6.54 Å². The average molecular weight is 375 g/mol. The van der Waals surface area contributed by atoms with Crippen LogP contribution in [0.15, 0.2) is 60.7 Å². The van der Waals surface area contributed by atoms with Crippen LogP contribution in [0.4, 0.5) is 0 Å². The highest BCUT2D eigenvalue weighted by Crippen LogP contribution is 2.25. The maximum atomic E-state index is 13.1. The molecule has 0 radical (unpaired) electrons. The van der Waals surface area contributed by atoms with E-state index in [1.807, 2.05) is 48.2 Å². The molecule has 1 N–H and O–H groups in total. The monoisotopic (exact) mass is 375 g/mol. The van der Waals surface area contributed by atoms with Gasteiger partial charge in [0, 0.05) is 31.7 Å². The number of aryl methyl sites for hydroxylation is 1. The topological polar surface area (TPSA) is 65.1 Å². The van der Waals surface area contributed by atoms with Crippen molar-refractivity contribution >= 4 is 5.91 Å². The van der Waals surface area contributed by atoms with Gasteiger partial charge >= 0.3 is 0 Å². The van der Waals surface area contributed by atoms with Gasteiger partial charge in [0.15, 0.2) is 5.82 Å². The first-order valence-corrected chi connectivity index (χ1v) is 9.72. The van der Waals surface area contributed by atoms with Crippen LogP contribution in [0.2, 0.25) is 0 Å². The van der Waals surface area contributed by atoms with Crippen molar-refractivity contribution in [3.05, 3.63) is 83.4 Å².